The highest BCUT2D eigenvalue weighted by molar-refractivity contribution is 7.22. The van der Waals surface area contributed by atoms with Crippen molar-refractivity contribution in [1.29, 1.82) is 0 Å². The first-order valence-corrected chi connectivity index (χ1v) is 21.3. The number of ketones is 2. The lowest BCUT2D eigenvalue weighted by atomic mass is 10.1. The summed E-state index contributed by atoms with van der Waals surface area (Å²) in [6.45, 7) is 3.85. The van der Waals surface area contributed by atoms with E-state index >= 15 is 0 Å². The minimum absolute atomic E-state index is 0.120. The molecule has 0 amide bonds. The summed E-state index contributed by atoms with van der Waals surface area (Å²) < 4.78 is 13.7. The fourth-order valence-electron chi connectivity index (χ4n) is 5.93. The van der Waals surface area contributed by atoms with E-state index in [1.54, 1.807) is 91.0 Å². The van der Waals surface area contributed by atoms with Gasteiger partial charge in [0, 0.05) is 58.6 Å². The molecule has 0 aliphatic rings. The van der Waals surface area contributed by atoms with Gasteiger partial charge >= 0.3 is 11.9 Å². The van der Waals surface area contributed by atoms with Crippen molar-refractivity contribution in [1.82, 2.24) is 0 Å². The predicted octanol–water partition coefficient (Wildman–Crippen LogP) is 12.2. The Morgan fingerprint density at radius 1 is 0.583 bits per heavy atom. The highest BCUT2D eigenvalue weighted by Gasteiger charge is 2.25. The molecule has 0 radical (unpaired) electrons. The first kappa shape index (κ1) is 41.3. The Bertz CT molecular complexity index is 2960. The quantitative estimate of drug-likeness (QED) is 0.0685. The lowest BCUT2D eigenvalue weighted by Gasteiger charge is -2.08. The molecular formula is C46H32O10S4. The first-order chi connectivity index (χ1) is 28.8. The monoisotopic (exact) mass is 872 g/mol. The van der Waals surface area contributed by atoms with Crippen LogP contribution < -0.4 is 9.47 Å². The zero-order valence-corrected chi connectivity index (χ0v) is 34.8. The molecule has 0 aliphatic heterocycles. The van der Waals surface area contributed by atoms with E-state index in [1.165, 1.54) is 57.5 Å². The Morgan fingerprint density at radius 3 is 1.48 bits per heavy atom. The number of hydrogen-bond acceptors (Lipinski definition) is 12. The van der Waals surface area contributed by atoms with E-state index in [0.29, 0.717) is 43.9 Å². The average Bonchev–Trinajstić information content (AvgIpc) is 4.02. The second-order valence-electron chi connectivity index (χ2n) is 13.1. The van der Waals surface area contributed by atoms with Crippen LogP contribution in [0.5, 0.6) is 34.5 Å². The van der Waals surface area contributed by atoms with Gasteiger partial charge in [-0.1, -0.05) is 24.3 Å². The number of fused-ring (bicyclic) bond motifs is 2. The fourth-order valence-corrected chi connectivity index (χ4v) is 9.55. The standard InChI is InChI=1S/2C23H16O5S2/c1-13-10-15(12-29-13)21(27)23-22(18-8-5-16(24)11-19(18)30-23)28-17-6-2-14(3-7-17)4-9-20(25)26;1-13-17(10-11-29-13)21(27)23-22(18-8-5-15(24)12-19(18)30-23)28-16-6-2-14(3-7-16)4-9-20(25)26/h2*2-12,24H,1H3,(H,25,26)/b2*9-4+. The molecule has 10 nitrogen and oxygen atoms in total. The smallest absolute Gasteiger partial charge is 0.328 e. The van der Waals surface area contributed by atoms with Crippen molar-refractivity contribution in [2.24, 2.45) is 0 Å². The molecule has 300 valence electrons. The van der Waals surface area contributed by atoms with Crippen molar-refractivity contribution in [2.45, 2.75) is 13.8 Å². The third-order valence-corrected chi connectivity index (χ3v) is 12.8. The average molecular weight is 873 g/mol. The van der Waals surface area contributed by atoms with E-state index in [9.17, 15) is 29.4 Å². The number of ether oxygens (including phenoxy) is 2. The van der Waals surface area contributed by atoms with Crippen LogP contribution in [0.2, 0.25) is 0 Å². The van der Waals surface area contributed by atoms with Crippen LogP contribution in [0.25, 0.3) is 32.3 Å². The third-order valence-electron chi connectivity index (χ3n) is 8.80. The van der Waals surface area contributed by atoms with Crippen LogP contribution in [-0.4, -0.2) is 43.9 Å². The van der Waals surface area contributed by atoms with Gasteiger partial charge in [-0.25, -0.2) is 9.59 Å². The lowest BCUT2D eigenvalue weighted by molar-refractivity contribution is -0.132. The van der Waals surface area contributed by atoms with Gasteiger partial charge in [-0.2, -0.15) is 0 Å². The fraction of sp³-hybridized carbons (Fsp3) is 0.0435. The Kier molecular flexibility index (Phi) is 12.4. The molecule has 4 aromatic heterocycles. The molecule has 0 saturated heterocycles. The maximum Gasteiger partial charge on any atom is 0.328 e. The van der Waals surface area contributed by atoms with Crippen molar-refractivity contribution >= 4 is 101 Å². The van der Waals surface area contributed by atoms with E-state index in [4.69, 9.17) is 19.7 Å². The predicted molar refractivity (Wildman–Crippen MR) is 238 cm³/mol. The summed E-state index contributed by atoms with van der Waals surface area (Å²) in [5.74, 6) is -0.119. The second-order valence-corrected chi connectivity index (χ2v) is 17.4. The SMILES string of the molecule is Cc1cc(C(=O)c2sc3cc(O)ccc3c2Oc2ccc(/C=C/C(=O)O)cc2)cs1.Cc1sccc1C(=O)c1sc2cc(O)ccc2c1Oc1ccc(/C=C/C(=O)O)cc1. The van der Waals surface area contributed by atoms with Crippen molar-refractivity contribution in [2.75, 3.05) is 0 Å². The van der Waals surface area contributed by atoms with Crippen LogP contribution in [0.3, 0.4) is 0 Å². The number of phenolic OH excluding ortho intramolecular Hbond substituents is 2. The van der Waals surface area contributed by atoms with Gasteiger partial charge in [0.1, 0.15) is 32.8 Å². The third kappa shape index (κ3) is 9.54. The zero-order valence-electron chi connectivity index (χ0n) is 31.6. The van der Waals surface area contributed by atoms with Gasteiger partial charge in [-0.15, -0.1) is 45.3 Å². The molecule has 4 N–H and O–H groups in total. The summed E-state index contributed by atoms with van der Waals surface area (Å²) in [5.41, 5.74) is 2.67. The van der Waals surface area contributed by atoms with Crippen LogP contribution in [0.4, 0.5) is 0 Å². The van der Waals surface area contributed by atoms with E-state index in [-0.39, 0.29) is 23.1 Å². The number of carbonyl (C=O) groups is 4. The van der Waals surface area contributed by atoms with Gasteiger partial charge in [0.15, 0.2) is 11.5 Å². The van der Waals surface area contributed by atoms with Crippen molar-refractivity contribution < 1.29 is 49.1 Å². The normalized spacial score (nSPS) is 11.2. The highest BCUT2D eigenvalue weighted by atomic mass is 32.1. The van der Waals surface area contributed by atoms with Crippen LogP contribution >= 0.6 is 45.3 Å². The Hall–Kier alpha value is -6.84. The minimum atomic E-state index is -1.02. The maximum atomic E-state index is 13.2. The summed E-state index contributed by atoms with van der Waals surface area (Å²) in [4.78, 5) is 50.6. The lowest BCUT2D eigenvalue weighted by Crippen LogP contribution is -2.00. The van der Waals surface area contributed by atoms with Crippen molar-refractivity contribution in [3.63, 3.8) is 0 Å². The van der Waals surface area contributed by atoms with E-state index in [0.717, 1.165) is 53.2 Å². The molecule has 4 aromatic carbocycles. The molecule has 4 heterocycles. The topological polar surface area (TPSA) is 168 Å². The Labute approximate surface area is 358 Å². The number of aromatic hydroxyl groups is 2. The summed E-state index contributed by atoms with van der Waals surface area (Å²) in [6, 6.07) is 27.3. The van der Waals surface area contributed by atoms with E-state index in [2.05, 4.69) is 0 Å². The molecule has 14 heteroatoms. The largest absolute Gasteiger partial charge is 0.508 e. The first-order valence-electron chi connectivity index (χ1n) is 17.9. The van der Waals surface area contributed by atoms with Gasteiger partial charge in [0.2, 0.25) is 11.6 Å². The van der Waals surface area contributed by atoms with Gasteiger partial charge in [0.25, 0.3) is 0 Å². The van der Waals surface area contributed by atoms with E-state index < -0.39 is 11.9 Å². The summed E-state index contributed by atoms with van der Waals surface area (Å²) >= 11 is 5.58. The summed E-state index contributed by atoms with van der Waals surface area (Å²) in [5, 5.41) is 42.3. The highest BCUT2D eigenvalue weighted by Crippen LogP contribution is 2.44. The molecule has 0 spiro atoms. The van der Waals surface area contributed by atoms with Gasteiger partial charge in [0.05, 0.1) is 0 Å². The molecular weight excluding hydrogens is 841 g/mol. The number of aliphatic carboxylic acids is 2. The molecule has 8 aromatic rings. The molecule has 8 rings (SSSR count). The number of benzene rings is 4. The summed E-state index contributed by atoms with van der Waals surface area (Å²) in [7, 11) is 0. The molecule has 0 unspecified atom stereocenters. The second kappa shape index (κ2) is 18.0. The Balaban J connectivity index is 0.000000181. The molecule has 60 heavy (non-hydrogen) atoms. The number of carboxylic acids is 2. The Morgan fingerprint density at radius 2 is 1.07 bits per heavy atom. The number of phenols is 2. The number of hydrogen-bond donors (Lipinski definition) is 4. The molecule has 0 atom stereocenters. The van der Waals surface area contributed by atoms with Gasteiger partial charge in [-0.05, 0) is 115 Å². The van der Waals surface area contributed by atoms with E-state index in [1.807, 2.05) is 30.7 Å². The van der Waals surface area contributed by atoms with Crippen LogP contribution in [0.15, 0.2) is 120 Å². The van der Waals surface area contributed by atoms with Crippen molar-refractivity contribution in [3.05, 3.63) is 162 Å². The number of carboxylic acid groups (broad SMARTS) is 2. The van der Waals surface area contributed by atoms with Crippen LogP contribution in [-0.2, 0) is 9.59 Å². The maximum absolute atomic E-state index is 13.2. The van der Waals surface area contributed by atoms with Gasteiger partial charge < -0.3 is 29.9 Å². The number of carbonyl (C=O) groups excluding carboxylic acids is 2. The minimum Gasteiger partial charge on any atom is -0.508 e. The number of aryl methyl sites for hydroxylation is 2. The van der Waals surface area contributed by atoms with Crippen LogP contribution in [0, 0.1) is 13.8 Å². The van der Waals surface area contributed by atoms with Crippen LogP contribution in [0.1, 0.15) is 51.4 Å². The summed E-state index contributed by atoms with van der Waals surface area (Å²) in [6.07, 6.45) is 5.11. The molecule has 0 aliphatic carbocycles. The molecule has 0 fully saturated rings. The molecule has 0 saturated carbocycles. The van der Waals surface area contributed by atoms with Crippen molar-refractivity contribution in [3.8, 4) is 34.5 Å². The number of rotatable bonds is 12. The zero-order chi connectivity index (χ0) is 42.5. The molecule has 0 bridgehead atoms. The van der Waals surface area contributed by atoms with Gasteiger partial charge in [-0.3, -0.25) is 9.59 Å². The number of thiophene rings is 4.